The second-order valence-electron chi connectivity index (χ2n) is 4.97. The van der Waals surface area contributed by atoms with E-state index < -0.39 is 17.7 Å². The van der Waals surface area contributed by atoms with Crippen molar-refractivity contribution in [3.63, 3.8) is 0 Å². The minimum Gasteiger partial charge on any atom is -0.325 e. The van der Waals surface area contributed by atoms with Gasteiger partial charge in [-0.3, -0.25) is 4.79 Å². The summed E-state index contributed by atoms with van der Waals surface area (Å²) in [6.07, 6.45) is -4.37. The summed E-state index contributed by atoms with van der Waals surface area (Å²) in [5.41, 5.74) is 0.624. The Hall–Kier alpha value is -1.95. The predicted molar refractivity (Wildman–Crippen MR) is 80.0 cm³/mol. The van der Waals surface area contributed by atoms with E-state index in [0.717, 1.165) is 22.7 Å². The molecule has 0 saturated carbocycles. The van der Waals surface area contributed by atoms with E-state index in [-0.39, 0.29) is 5.91 Å². The molecule has 2 aromatic carbocycles. The van der Waals surface area contributed by atoms with E-state index in [9.17, 15) is 18.0 Å². The summed E-state index contributed by atoms with van der Waals surface area (Å²) < 4.78 is 37.8. The van der Waals surface area contributed by atoms with Gasteiger partial charge < -0.3 is 5.32 Å². The highest BCUT2D eigenvalue weighted by atomic mass is 32.2. The van der Waals surface area contributed by atoms with Gasteiger partial charge in [-0.05, 0) is 29.8 Å². The molecule has 1 heterocycles. The number of alkyl halides is 3. The maximum atomic E-state index is 12.6. The zero-order chi connectivity index (χ0) is 15.7. The molecule has 1 N–H and O–H groups in total. The highest BCUT2D eigenvalue weighted by Crippen LogP contribution is 2.36. The molecule has 0 spiro atoms. The highest BCUT2D eigenvalue weighted by Gasteiger charge is 2.31. The third kappa shape index (κ3) is 2.97. The van der Waals surface area contributed by atoms with Crippen molar-refractivity contribution in [1.29, 1.82) is 0 Å². The first-order valence-electron chi connectivity index (χ1n) is 6.65. The number of benzene rings is 2. The quantitative estimate of drug-likeness (QED) is 0.835. The van der Waals surface area contributed by atoms with Crippen LogP contribution < -0.4 is 5.32 Å². The topological polar surface area (TPSA) is 29.1 Å². The second kappa shape index (κ2) is 5.68. The zero-order valence-corrected chi connectivity index (χ0v) is 12.2. The van der Waals surface area contributed by atoms with Crippen molar-refractivity contribution in [1.82, 2.24) is 0 Å². The van der Waals surface area contributed by atoms with Crippen molar-refractivity contribution in [3.8, 4) is 0 Å². The third-order valence-corrected chi connectivity index (χ3v) is 4.67. The van der Waals surface area contributed by atoms with Gasteiger partial charge in [0.1, 0.15) is 0 Å². The van der Waals surface area contributed by atoms with E-state index in [1.807, 2.05) is 24.3 Å². The smallest absolute Gasteiger partial charge is 0.325 e. The van der Waals surface area contributed by atoms with Gasteiger partial charge >= 0.3 is 6.18 Å². The molecule has 114 valence electrons. The van der Waals surface area contributed by atoms with Gasteiger partial charge in [-0.2, -0.15) is 13.2 Å². The number of nitrogens with one attached hydrogen (secondary N) is 1. The van der Waals surface area contributed by atoms with Crippen LogP contribution in [0.5, 0.6) is 0 Å². The van der Waals surface area contributed by atoms with Crippen LogP contribution in [0, 0.1) is 0 Å². The average molecular weight is 323 g/mol. The maximum Gasteiger partial charge on any atom is 0.416 e. The molecule has 2 aromatic rings. The second-order valence-corrected chi connectivity index (χ2v) is 6.03. The molecule has 0 aromatic heterocycles. The molecule has 2 nitrogen and oxygen atoms in total. The Morgan fingerprint density at radius 3 is 2.41 bits per heavy atom. The first-order chi connectivity index (χ1) is 10.4. The van der Waals surface area contributed by atoms with Crippen LogP contribution in [-0.2, 0) is 11.0 Å². The van der Waals surface area contributed by atoms with E-state index in [1.54, 1.807) is 0 Å². The van der Waals surface area contributed by atoms with E-state index in [0.29, 0.717) is 11.3 Å². The number of thioether (sulfide) groups is 1. The van der Waals surface area contributed by atoms with Crippen LogP contribution in [0.25, 0.3) is 0 Å². The highest BCUT2D eigenvalue weighted by molar-refractivity contribution is 7.99. The Morgan fingerprint density at radius 1 is 1.05 bits per heavy atom. The molecule has 0 fully saturated rings. The minimum atomic E-state index is -4.37. The van der Waals surface area contributed by atoms with Gasteiger partial charge in [0, 0.05) is 10.6 Å². The summed E-state index contributed by atoms with van der Waals surface area (Å²) in [7, 11) is 0. The summed E-state index contributed by atoms with van der Waals surface area (Å²) in [6.45, 7) is 0. The lowest BCUT2D eigenvalue weighted by Gasteiger charge is -2.14. The van der Waals surface area contributed by atoms with Crippen LogP contribution in [0.1, 0.15) is 17.0 Å². The van der Waals surface area contributed by atoms with Crippen LogP contribution in [0.4, 0.5) is 18.9 Å². The zero-order valence-electron chi connectivity index (χ0n) is 11.4. The molecular formula is C16H12F3NOS. The Bertz CT molecular complexity index is 697. The predicted octanol–water partition coefficient (Wildman–Crippen LogP) is 4.53. The van der Waals surface area contributed by atoms with Crippen molar-refractivity contribution in [2.24, 2.45) is 0 Å². The summed E-state index contributed by atoms with van der Waals surface area (Å²) in [4.78, 5) is 13.3. The van der Waals surface area contributed by atoms with Crippen molar-refractivity contribution >= 4 is 23.4 Å². The van der Waals surface area contributed by atoms with Crippen molar-refractivity contribution in [3.05, 3.63) is 59.7 Å². The van der Waals surface area contributed by atoms with E-state index in [4.69, 9.17) is 0 Å². The number of hydrogen-bond donors (Lipinski definition) is 1. The lowest BCUT2D eigenvalue weighted by Crippen LogP contribution is -2.21. The standard InChI is InChI=1S/C16H12F3NOS/c17-16(18,19)11-7-5-10(6-8-11)12-9-22-14-4-2-1-3-13(14)20-15(12)21/h1-8,12H,9H2,(H,20,21). The molecule has 22 heavy (non-hydrogen) atoms. The number of carbonyl (C=O) groups excluding carboxylic acids is 1. The van der Waals surface area contributed by atoms with E-state index >= 15 is 0 Å². The first kappa shape index (κ1) is 15.0. The van der Waals surface area contributed by atoms with Gasteiger partial charge in [0.15, 0.2) is 0 Å². The van der Waals surface area contributed by atoms with Crippen LogP contribution in [0.2, 0.25) is 0 Å². The number of amides is 1. The molecule has 0 saturated heterocycles. The van der Waals surface area contributed by atoms with Gasteiger partial charge in [-0.25, -0.2) is 0 Å². The molecule has 0 radical (unpaired) electrons. The van der Waals surface area contributed by atoms with Gasteiger partial charge in [-0.1, -0.05) is 24.3 Å². The first-order valence-corrected chi connectivity index (χ1v) is 7.63. The molecule has 3 rings (SSSR count). The van der Waals surface area contributed by atoms with Crippen LogP contribution in [-0.4, -0.2) is 11.7 Å². The number of rotatable bonds is 1. The largest absolute Gasteiger partial charge is 0.416 e. The van der Waals surface area contributed by atoms with Crippen LogP contribution >= 0.6 is 11.8 Å². The fourth-order valence-corrected chi connectivity index (χ4v) is 3.46. The Kier molecular flexibility index (Phi) is 3.87. The van der Waals surface area contributed by atoms with Crippen molar-refractivity contribution < 1.29 is 18.0 Å². The minimum absolute atomic E-state index is 0.197. The van der Waals surface area contributed by atoms with Crippen LogP contribution in [0.15, 0.2) is 53.4 Å². The van der Waals surface area contributed by atoms with Crippen molar-refractivity contribution in [2.45, 2.75) is 17.0 Å². The average Bonchev–Trinajstić information content (AvgIpc) is 2.65. The molecule has 0 bridgehead atoms. The van der Waals surface area contributed by atoms with E-state index in [1.165, 1.54) is 23.9 Å². The molecular weight excluding hydrogens is 311 g/mol. The van der Waals surface area contributed by atoms with Crippen LogP contribution in [0.3, 0.4) is 0 Å². The number of hydrogen-bond acceptors (Lipinski definition) is 2. The lowest BCUT2D eigenvalue weighted by molar-refractivity contribution is -0.137. The maximum absolute atomic E-state index is 12.6. The number of anilines is 1. The molecule has 1 aliphatic heterocycles. The number of fused-ring (bicyclic) bond motifs is 1. The number of halogens is 3. The van der Waals surface area contributed by atoms with Gasteiger partial charge in [-0.15, -0.1) is 11.8 Å². The molecule has 1 unspecified atom stereocenters. The summed E-state index contributed by atoms with van der Waals surface area (Å²) in [5, 5.41) is 2.83. The Labute approximate surface area is 129 Å². The van der Waals surface area contributed by atoms with Crippen molar-refractivity contribution in [2.75, 3.05) is 11.1 Å². The lowest BCUT2D eigenvalue weighted by atomic mass is 9.98. The molecule has 1 aliphatic rings. The fraction of sp³-hybridized carbons (Fsp3) is 0.188. The Morgan fingerprint density at radius 2 is 1.73 bits per heavy atom. The number of para-hydroxylation sites is 1. The normalized spacial score (nSPS) is 18.3. The third-order valence-electron chi connectivity index (χ3n) is 3.51. The summed E-state index contributed by atoms with van der Waals surface area (Å²) in [5.74, 6) is -0.175. The SMILES string of the molecule is O=C1Nc2ccccc2SCC1c1ccc(C(F)(F)F)cc1. The monoisotopic (exact) mass is 323 g/mol. The summed E-state index contributed by atoms with van der Waals surface area (Å²) >= 11 is 1.52. The van der Waals surface area contributed by atoms with Gasteiger partial charge in [0.25, 0.3) is 0 Å². The molecule has 1 amide bonds. The van der Waals surface area contributed by atoms with Gasteiger partial charge in [0.05, 0.1) is 17.2 Å². The fourth-order valence-electron chi connectivity index (χ4n) is 2.32. The number of carbonyl (C=O) groups is 1. The molecule has 6 heteroatoms. The molecule has 1 atom stereocenters. The van der Waals surface area contributed by atoms with Gasteiger partial charge in [0.2, 0.25) is 5.91 Å². The van der Waals surface area contributed by atoms with E-state index in [2.05, 4.69) is 5.32 Å². The molecule has 0 aliphatic carbocycles. The summed E-state index contributed by atoms with van der Waals surface area (Å²) in [6, 6.07) is 12.2. The Balaban J connectivity index is 1.85.